The molecule has 0 bridgehead atoms. The lowest BCUT2D eigenvalue weighted by Gasteiger charge is -2.40. The van der Waals surface area contributed by atoms with Crippen LogP contribution in [-0.4, -0.2) is 12.1 Å². The first-order valence-corrected chi connectivity index (χ1v) is 8.12. The Morgan fingerprint density at radius 3 is 1.94 bits per heavy atom. The van der Waals surface area contributed by atoms with Gasteiger partial charge in [0.15, 0.2) is 0 Å². The van der Waals surface area contributed by atoms with E-state index in [4.69, 9.17) is 0 Å². The van der Waals surface area contributed by atoms with Gasteiger partial charge >= 0.3 is 0 Å². The topological polar surface area (TPSA) is 12.0 Å². The molecule has 1 N–H and O–H groups in total. The molecule has 0 aliphatic heterocycles. The summed E-state index contributed by atoms with van der Waals surface area (Å²) in [6.07, 6.45) is 11.5. The highest BCUT2D eigenvalue weighted by molar-refractivity contribution is 4.87. The maximum atomic E-state index is 3.76. The molecule has 1 heteroatoms. The molecule has 0 aromatic heterocycles. The summed E-state index contributed by atoms with van der Waals surface area (Å²) in [5, 5.41) is 3.76. The van der Waals surface area contributed by atoms with Gasteiger partial charge in [0, 0.05) is 12.1 Å². The van der Waals surface area contributed by atoms with Crippen molar-refractivity contribution >= 4 is 0 Å². The Kier molecular flexibility index (Phi) is 6.17. The highest BCUT2D eigenvalue weighted by Gasteiger charge is 2.34. The van der Waals surface area contributed by atoms with Gasteiger partial charge in [0.05, 0.1) is 0 Å². The predicted octanol–water partition coefficient (Wildman–Crippen LogP) is 5.15. The summed E-state index contributed by atoms with van der Waals surface area (Å²) >= 11 is 0. The summed E-state index contributed by atoms with van der Waals surface area (Å²) in [4.78, 5) is 0. The number of nitrogens with one attached hydrogen (secondary N) is 1. The van der Waals surface area contributed by atoms with Gasteiger partial charge in [-0.1, -0.05) is 46.0 Å². The van der Waals surface area contributed by atoms with Crippen LogP contribution in [0.4, 0.5) is 0 Å². The van der Waals surface area contributed by atoms with Crippen LogP contribution >= 0.6 is 0 Å². The highest BCUT2D eigenvalue weighted by atomic mass is 15.0. The molecule has 0 aromatic carbocycles. The van der Waals surface area contributed by atoms with E-state index >= 15 is 0 Å². The van der Waals surface area contributed by atoms with E-state index < -0.39 is 0 Å². The molecular formula is C17H35N. The van der Waals surface area contributed by atoms with Gasteiger partial charge in [-0.3, -0.25) is 0 Å². The standard InChI is InChI=1S/C17H35N/c1-6-13-17(5,14-18-16(2,3)4)15-11-9-7-8-10-12-15/h15,18H,6-14H2,1-5H3. The van der Waals surface area contributed by atoms with E-state index in [1.54, 1.807) is 0 Å². The first-order valence-electron chi connectivity index (χ1n) is 8.12. The fourth-order valence-electron chi connectivity index (χ4n) is 3.45. The van der Waals surface area contributed by atoms with Crippen LogP contribution in [0, 0.1) is 11.3 Å². The molecule has 108 valence electrons. The summed E-state index contributed by atoms with van der Waals surface area (Å²) in [5.41, 5.74) is 0.756. The largest absolute Gasteiger partial charge is 0.312 e. The monoisotopic (exact) mass is 253 g/mol. The van der Waals surface area contributed by atoms with E-state index in [0.717, 1.165) is 5.92 Å². The molecule has 0 radical (unpaired) electrons. The van der Waals surface area contributed by atoms with Crippen molar-refractivity contribution in [1.29, 1.82) is 0 Å². The lowest BCUT2D eigenvalue weighted by molar-refractivity contribution is 0.132. The summed E-state index contributed by atoms with van der Waals surface area (Å²) in [6.45, 7) is 12.9. The zero-order valence-corrected chi connectivity index (χ0v) is 13.4. The third-order valence-corrected chi connectivity index (χ3v) is 4.68. The second-order valence-electron chi connectivity index (χ2n) is 7.70. The predicted molar refractivity (Wildman–Crippen MR) is 82.0 cm³/mol. The zero-order chi connectivity index (χ0) is 13.6. The van der Waals surface area contributed by atoms with Crippen LogP contribution in [-0.2, 0) is 0 Å². The Morgan fingerprint density at radius 1 is 0.944 bits per heavy atom. The molecule has 0 heterocycles. The quantitative estimate of drug-likeness (QED) is 0.668. The van der Waals surface area contributed by atoms with Gasteiger partial charge in [-0.25, -0.2) is 0 Å². The minimum absolute atomic E-state index is 0.250. The first-order chi connectivity index (χ1) is 8.37. The second kappa shape index (κ2) is 6.93. The van der Waals surface area contributed by atoms with E-state index in [1.807, 2.05) is 0 Å². The summed E-state index contributed by atoms with van der Waals surface area (Å²) in [5.74, 6) is 0.940. The van der Waals surface area contributed by atoms with Gasteiger partial charge in [-0.2, -0.15) is 0 Å². The molecule has 1 unspecified atom stereocenters. The van der Waals surface area contributed by atoms with Crippen LogP contribution < -0.4 is 5.32 Å². The van der Waals surface area contributed by atoms with E-state index in [9.17, 15) is 0 Å². The number of hydrogen-bond acceptors (Lipinski definition) is 1. The van der Waals surface area contributed by atoms with E-state index in [2.05, 4.69) is 39.9 Å². The maximum absolute atomic E-state index is 3.76. The van der Waals surface area contributed by atoms with Crippen molar-refractivity contribution in [2.75, 3.05) is 6.54 Å². The molecule has 0 spiro atoms. The number of hydrogen-bond donors (Lipinski definition) is 1. The van der Waals surface area contributed by atoms with Gasteiger partial charge in [-0.15, -0.1) is 0 Å². The smallest absolute Gasteiger partial charge is 0.00967 e. The molecule has 18 heavy (non-hydrogen) atoms. The van der Waals surface area contributed by atoms with Crippen LogP contribution in [0.3, 0.4) is 0 Å². The van der Waals surface area contributed by atoms with Gasteiger partial charge in [0.25, 0.3) is 0 Å². The minimum Gasteiger partial charge on any atom is -0.312 e. The van der Waals surface area contributed by atoms with Gasteiger partial charge in [-0.05, 0) is 51.4 Å². The normalized spacial score (nSPS) is 22.5. The Hall–Kier alpha value is -0.0400. The molecule has 1 fully saturated rings. The van der Waals surface area contributed by atoms with Crippen LogP contribution in [0.5, 0.6) is 0 Å². The maximum Gasteiger partial charge on any atom is 0.00967 e. The SMILES string of the molecule is CCCC(C)(CNC(C)(C)C)C1CCCCCC1. The van der Waals surface area contributed by atoms with Gasteiger partial charge in [0.2, 0.25) is 0 Å². The third-order valence-electron chi connectivity index (χ3n) is 4.68. The zero-order valence-electron chi connectivity index (χ0n) is 13.4. The van der Waals surface area contributed by atoms with E-state index in [1.165, 1.54) is 57.9 Å². The molecular weight excluding hydrogens is 218 g/mol. The van der Waals surface area contributed by atoms with Crippen LogP contribution in [0.15, 0.2) is 0 Å². The average Bonchev–Trinajstić information content (AvgIpc) is 2.55. The first kappa shape index (κ1) is 16.0. The molecule has 0 aromatic rings. The van der Waals surface area contributed by atoms with Crippen molar-refractivity contribution < 1.29 is 0 Å². The highest BCUT2D eigenvalue weighted by Crippen LogP contribution is 2.40. The Bertz CT molecular complexity index is 220. The molecule has 1 saturated carbocycles. The summed E-state index contributed by atoms with van der Waals surface area (Å²) in [6, 6.07) is 0. The van der Waals surface area contributed by atoms with E-state index in [0.29, 0.717) is 5.41 Å². The van der Waals surface area contributed by atoms with Crippen molar-refractivity contribution in [3.63, 3.8) is 0 Å². The molecule has 1 aliphatic rings. The Labute approximate surface area is 115 Å². The fourth-order valence-corrected chi connectivity index (χ4v) is 3.45. The van der Waals surface area contributed by atoms with Crippen LogP contribution in [0.2, 0.25) is 0 Å². The van der Waals surface area contributed by atoms with Crippen LogP contribution in [0.1, 0.15) is 86.0 Å². The lowest BCUT2D eigenvalue weighted by atomic mass is 9.70. The third kappa shape index (κ3) is 5.30. The molecule has 1 atom stereocenters. The fraction of sp³-hybridized carbons (Fsp3) is 1.00. The summed E-state index contributed by atoms with van der Waals surface area (Å²) in [7, 11) is 0. The molecule has 1 nitrogen and oxygen atoms in total. The molecule has 0 amide bonds. The van der Waals surface area contributed by atoms with Gasteiger partial charge < -0.3 is 5.32 Å². The Balaban J connectivity index is 2.64. The number of rotatable bonds is 5. The molecule has 1 rings (SSSR count). The van der Waals surface area contributed by atoms with Crippen LogP contribution in [0.25, 0.3) is 0 Å². The van der Waals surface area contributed by atoms with E-state index in [-0.39, 0.29) is 5.54 Å². The Morgan fingerprint density at radius 2 is 1.50 bits per heavy atom. The second-order valence-corrected chi connectivity index (χ2v) is 7.70. The van der Waals surface area contributed by atoms with Crippen molar-refractivity contribution in [2.45, 2.75) is 91.5 Å². The lowest BCUT2D eigenvalue weighted by Crippen LogP contribution is -2.45. The molecule has 0 saturated heterocycles. The molecule has 1 aliphatic carbocycles. The van der Waals surface area contributed by atoms with Crippen molar-refractivity contribution in [3.05, 3.63) is 0 Å². The van der Waals surface area contributed by atoms with Crippen molar-refractivity contribution in [1.82, 2.24) is 5.32 Å². The van der Waals surface area contributed by atoms with Crippen molar-refractivity contribution in [3.8, 4) is 0 Å². The van der Waals surface area contributed by atoms with Gasteiger partial charge in [0.1, 0.15) is 0 Å². The van der Waals surface area contributed by atoms with Crippen molar-refractivity contribution in [2.24, 2.45) is 11.3 Å². The average molecular weight is 253 g/mol. The minimum atomic E-state index is 0.250. The summed E-state index contributed by atoms with van der Waals surface area (Å²) < 4.78 is 0.